The third kappa shape index (κ3) is 5.69. The summed E-state index contributed by atoms with van der Waals surface area (Å²) in [6.45, 7) is 3.55. The number of sulfone groups is 1. The highest BCUT2D eigenvalue weighted by Gasteiger charge is 2.23. The van der Waals surface area contributed by atoms with Gasteiger partial charge in [0.25, 0.3) is 5.56 Å². The molecule has 1 aromatic carbocycles. The molecule has 9 nitrogen and oxygen atoms in total. The van der Waals surface area contributed by atoms with Gasteiger partial charge in [0.15, 0.2) is 9.84 Å². The number of nitrogens with zero attached hydrogens (tertiary/aromatic N) is 5. The largest absolute Gasteiger partial charge is 0.489 e. The quantitative estimate of drug-likeness (QED) is 0.493. The lowest BCUT2D eigenvalue weighted by Gasteiger charge is -2.32. The molecule has 0 atom stereocenters. The maximum absolute atomic E-state index is 12.8. The molecular weight excluding hydrogens is 466 g/mol. The van der Waals surface area contributed by atoms with Crippen molar-refractivity contribution in [2.24, 2.45) is 0 Å². The van der Waals surface area contributed by atoms with Gasteiger partial charge < -0.3 is 9.64 Å². The summed E-state index contributed by atoms with van der Waals surface area (Å²) in [5.41, 5.74) is 1.45. The second-order valence-electron chi connectivity index (χ2n) is 8.58. The normalized spacial score (nSPS) is 14.5. The molecule has 35 heavy (non-hydrogen) atoms. The molecule has 0 radical (unpaired) electrons. The van der Waals surface area contributed by atoms with E-state index in [1.807, 2.05) is 12.4 Å². The number of rotatable bonds is 7. The summed E-state index contributed by atoms with van der Waals surface area (Å²) in [5.74, 6) is 0.950. The highest BCUT2D eigenvalue weighted by atomic mass is 32.2. The molecule has 0 saturated carbocycles. The smallest absolute Gasteiger partial charge is 0.258 e. The maximum atomic E-state index is 12.8. The Morgan fingerprint density at radius 3 is 2.37 bits per heavy atom. The number of hydrogen-bond donors (Lipinski definition) is 0. The SMILES string of the molecule is CCCc1cnc(N2CCC(Oc3cc(=O)n(-c4ccc(S(C)(=O)=O)cc4)cc3C#N)CC2)nc1. The first kappa shape index (κ1) is 24.4. The third-order valence-corrected chi connectivity index (χ3v) is 7.06. The summed E-state index contributed by atoms with van der Waals surface area (Å²) in [7, 11) is -3.35. The van der Waals surface area contributed by atoms with Gasteiger partial charge in [-0.2, -0.15) is 5.26 Å². The van der Waals surface area contributed by atoms with E-state index in [0.29, 0.717) is 37.6 Å². The molecule has 182 valence electrons. The van der Waals surface area contributed by atoms with E-state index < -0.39 is 9.84 Å². The van der Waals surface area contributed by atoms with Crippen LogP contribution in [0, 0.1) is 11.3 Å². The molecule has 1 fully saturated rings. The van der Waals surface area contributed by atoms with Gasteiger partial charge in [0.1, 0.15) is 23.5 Å². The zero-order valence-corrected chi connectivity index (χ0v) is 20.5. The second kappa shape index (κ2) is 10.3. The summed E-state index contributed by atoms with van der Waals surface area (Å²) < 4.78 is 30.7. The van der Waals surface area contributed by atoms with Crippen molar-refractivity contribution in [1.82, 2.24) is 14.5 Å². The fourth-order valence-electron chi connectivity index (χ4n) is 4.04. The number of nitriles is 1. The molecule has 1 aliphatic heterocycles. The van der Waals surface area contributed by atoms with Crippen LogP contribution in [0.5, 0.6) is 5.75 Å². The molecule has 1 saturated heterocycles. The van der Waals surface area contributed by atoms with Gasteiger partial charge in [-0.3, -0.25) is 9.36 Å². The van der Waals surface area contributed by atoms with Gasteiger partial charge in [-0.15, -0.1) is 0 Å². The van der Waals surface area contributed by atoms with Crippen LogP contribution in [0.15, 0.2) is 58.6 Å². The minimum atomic E-state index is -3.35. The van der Waals surface area contributed by atoms with E-state index in [1.165, 1.54) is 41.1 Å². The van der Waals surface area contributed by atoms with Crippen LogP contribution < -0.4 is 15.2 Å². The lowest BCUT2D eigenvalue weighted by atomic mass is 10.1. The Balaban J connectivity index is 1.45. The van der Waals surface area contributed by atoms with Crippen molar-refractivity contribution >= 4 is 15.8 Å². The van der Waals surface area contributed by atoms with Crippen molar-refractivity contribution < 1.29 is 13.2 Å². The van der Waals surface area contributed by atoms with Crippen molar-refractivity contribution in [3.8, 4) is 17.5 Å². The van der Waals surface area contributed by atoms with Crippen LogP contribution in [0.2, 0.25) is 0 Å². The van der Waals surface area contributed by atoms with Crippen LogP contribution in [0.3, 0.4) is 0 Å². The fraction of sp³-hybridized carbons (Fsp3) is 0.360. The number of piperidine rings is 1. The second-order valence-corrected chi connectivity index (χ2v) is 10.6. The van der Waals surface area contributed by atoms with Crippen molar-refractivity contribution in [1.29, 1.82) is 5.26 Å². The van der Waals surface area contributed by atoms with Gasteiger partial charge in [0, 0.05) is 62.5 Å². The molecule has 0 bridgehead atoms. The maximum Gasteiger partial charge on any atom is 0.258 e. The van der Waals surface area contributed by atoms with E-state index >= 15 is 0 Å². The molecule has 4 rings (SSSR count). The van der Waals surface area contributed by atoms with Crippen LogP contribution in [-0.4, -0.2) is 48.4 Å². The summed E-state index contributed by atoms with van der Waals surface area (Å²) in [5, 5.41) is 9.66. The average Bonchev–Trinajstić information content (AvgIpc) is 2.85. The predicted octanol–water partition coefficient (Wildman–Crippen LogP) is 2.90. The van der Waals surface area contributed by atoms with E-state index in [1.54, 1.807) is 0 Å². The number of pyridine rings is 1. The number of aryl methyl sites for hydroxylation is 1. The molecule has 0 aliphatic carbocycles. The third-order valence-electron chi connectivity index (χ3n) is 5.93. The van der Waals surface area contributed by atoms with Gasteiger partial charge in [-0.1, -0.05) is 13.3 Å². The zero-order valence-electron chi connectivity index (χ0n) is 19.7. The summed E-state index contributed by atoms with van der Waals surface area (Å²) in [4.78, 5) is 24.0. The topological polar surface area (TPSA) is 118 Å². The fourth-order valence-corrected chi connectivity index (χ4v) is 4.67. The molecule has 3 aromatic rings. The van der Waals surface area contributed by atoms with E-state index in [0.717, 1.165) is 24.7 Å². The van der Waals surface area contributed by atoms with Crippen LogP contribution in [0.25, 0.3) is 5.69 Å². The van der Waals surface area contributed by atoms with Crippen molar-refractivity contribution in [3.05, 3.63) is 70.4 Å². The van der Waals surface area contributed by atoms with Crippen molar-refractivity contribution in [3.63, 3.8) is 0 Å². The first-order valence-corrected chi connectivity index (χ1v) is 13.4. The summed E-state index contributed by atoms with van der Waals surface area (Å²) in [6, 6.07) is 9.34. The van der Waals surface area contributed by atoms with Crippen LogP contribution >= 0.6 is 0 Å². The molecule has 0 spiro atoms. The van der Waals surface area contributed by atoms with E-state index in [4.69, 9.17) is 4.74 Å². The number of hydrogen-bond acceptors (Lipinski definition) is 8. The first-order valence-electron chi connectivity index (χ1n) is 11.5. The molecule has 2 aromatic heterocycles. The number of ether oxygens (including phenoxy) is 1. The highest BCUT2D eigenvalue weighted by molar-refractivity contribution is 7.90. The first-order chi connectivity index (χ1) is 16.8. The zero-order chi connectivity index (χ0) is 25.0. The lowest BCUT2D eigenvalue weighted by molar-refractivity contribution is 0.169. The average molecular weight is 494 g/mol. The molecule has 0 N–H and O–H groups in total. The minimum Gasteiger partial charge on any atom is -0.489 e. The summed E-state index contributed by atoms with van der Waals surface area (Å²) >= 11 is 0. The van der Waals surface area contributed by atoms with E-state index in [9.17, 15) is 18.5 Å². The molecule has 10 heteroatoms. The lowest BCUT2D eigenvalue weighted by Crippen LogP contribution is -2.39. The van der Waals surface area contributed by atoms with Crippen LogP contribution in [-0.2, 0) is 16.3 Å². The Bertz CT molecular complexity index is 1390. The minimum absolute atomic E-state index is 0.137. The van der Waals surface area contributed by atoms with Crippen molar-refractivity contribution in [2.45, 2.75) is 43.6 Å². The number of aromatic nitrogens is 3. The van der Waals surface area contributed by atoms with Gasteiger partial charge >= 0.3 is 0 Å². The Labute approximate surface area is 204 Å². The number of benzene rings is 1. The van der Waals surface area contributed by atoms with Gasteiger partial charge in [-0.05, 0) is 36.2 Å². The highest BCUT2D eigenvalue weighted by Crippen LogP contribution is 2.24. The van der Waals surface area contributed by atoms with Gasteiger partial charge in [0.2, 0.25) is 5.95 Å². The molecule has 1 aliphatic rings. The van der Waals surface area contributed by atoms with Gasteiger partial charge in [-0.25, -0.2) is 18.4 Å². The Morgan fingerprint density at radius 2 is 1.80 bits per heavy atom. The monoisotopic (exact) mass is 493 g/mol. The molecule has 0 amide bonds. The number of anilines is 1. The van der Waals surface area contributed by atoms with Crippen LogP contribution in [0.4, 0.5) is 5.95 Å². The van der Waals surface area contributed by atoms with Crippen molar-refractivity contribution in [2.75, 3.05) is 24.2 Å². The predicted molar refractivity (Wildman–Crippen MR) is 132 cm³/mol. The van der Waals surface area contributed by atoms with Gasteiger partial charge in [0.05, 0.1) is 4.90 Å². The molecular formula is C25H27N5O4S. The van der Waals surface area contributed by atoms with E-state index in [-0.39, 0.29) is 27.9 Å². The molecule has 0 unspecified atom stereocenters. The Morgan fingerprint density at radius 1 is 1.14 bits per heavy atom. The van der Waals surface area contributed by atoms with E-state index in [2.05, 4.69) is 27.9 Å². The summed E-state index contributed by atoms with van der Waals surface area (Å²) in [6.07, 6.45) is 9.58. The molecule has 3 heterocycles. The van der Waals surface area contributed by atoms with Crippen LogP contribution in [0.1, 0.15) is 37.3 Å². The Hall–Kier alpha value is -3.71. The Kier molecular flexibility index (Phi) is 7.17. The standard InChI is InChI=1S/C25H27N5O4S/c1-3-4-18-15-27-25(28-16-18)29-11-9-21(10-12-29)34-23-13-24(31)30(17-19(23)14-26)20-5-7-22(8-6-20)35(2,32)33/h5-8,13,15-17,21H,3-4,9-12H2,1-2H3.